The molecule has 0 unspecified atom stereocenters. The third-order valence-corrected chi connectivity index (χ3v) is 2.07. The number of anilines is 1. The molecule has 106 valence electrons. The van der Waals surface area contributed by atoms with Crippen LogP contribution in [0.15, 0.2) is 42.5 Å². The molecule has 0 aliphatic carbocycles. The minimum absolute atomic E-state index is 0.115. The van der Waals surface area contributed by atoms with Crippen LogP contribution in [0.2, 0.25) is 0 Å². The fourth-order valence-electron chi connectivity index (χ4n) is 1.33. The zero-order chi connectivity index (χ0) is 15.1. The van der Waals surface area contributed by atoms with Crippen molar-refractivity contribution in [3.63, 3.8) is 0 Å². The summed E-state index contributed by atoms with van der Waals surface area (Å²) < 4.78 is 0. The van der Waals surface area contributed by atoms with Crippen LogP contribution in [0.3, 0.4) is 0 Å². The highest BCUT2D eigenvalue weighted by Gasteiger charge is 1.94. The molecule has 0 fully saturated rings. The van der Waals surface area contributed by atoms with Gasteiger partial charge in [0.15, 0.2) is 0 Å². The number of phenols is 4. The SMILES string of the molecule is CC(=O)Nc1ccc(O)cc1.Oc1cc(O)cc(O)c1. The minimum atomic E-state index is -0.146. The second-order valence-corrected chi connectivity index (χ2v) is 3.94. The summed E-state index contributed by atoms with van der Waals surface area (Å²) in [6.45, 7) is 1.44. The third-order valence-electron chi connectivity index (χ3n) is 2.07. The van der Waals surface area contributed by atoms with Gasteiger partial charge in [-0.25, -0.2) is 0 Å². The Morgan fingerprint density at radius 3 is 1.55 bits per heavy atom. The number of nitrogens with one attached hydrogen (secondary N) is 1. The molecule has 1 amide bonds. The van der Waals surface area contributed by atoms with E-state index in [9.17, 15) is 4.79 Å². The van der Waals surface area contributed by atoms with Crippen molar-refractivity contribution >= 4 is 11.6 Å². The molecule has 6 heteroatoms. The highest BCUT2D eigenvalue weighted by atomic mass is 16.3. The van der Waals surface area contributed by atoms with E-state index in [2.05, 4.69) is 5.32 Å². The van der Waals surface area contributed by atoms with Crippen LogP contribution >= 0.6 is 0 Å². The van der Waals surface area contributed by atoms with Crippen LogP contribution in [-0.4, -0.2) is 26.3 Å². The fourth-order valence-corrected chi connectivity index (χ4v) is 1.33. The van der Waals surface area contributed by atoms with Gasteiger partial charge in [0, 0.05) is 30.8 Å². The number of hydrogen-bond acceptors (Lipinski definition) is 5. The summed E-state index contributed by atoms with van der Waals surface area (Å²) in [5, 5.41) is 37.5. The van der Waals surface area contributed by atoms with Gasteiger partial charge in [-0.2, -0.15) is 0 Å². The molecule has 0 aromatic heterocycles. The number of amides is 1. The van der Waals surface area contributed by atoms with Crippen molar-refractivity contribution in [2.24, 2.45) is 0 Å². The van der Waals surface area contributed by atoms with Gasteiger partial charge in [0.1, 0.15) is 23.0 Å². The van der Waals surface area contributed by atoms with Crippen molar-refractivity contribution in [3.05, 3.63) is 42.5 Å². The highest BCUT2D eigenvalue weighted by Crippen LogP contribution is 2.23. The minimum Gasteiger partial charge on any atom is -0.508 e. The molecular weight excluding hydrogens is 262 g/mol. The van der Waals surface area contributed by atoms with E-state index in [1.54, 1.807) is 12.1 Å². The predicted octanol–water partition coefficient (Wildman–Crippen LogP) is 2.15. The number of carbonyl (C=O) groups is 1. The molecule has 0 heterocycles. The first-order chi connectivity index (χ1) is 9.36. The maximum atomic E-state index is 10.5. The van der Waals surface area contributed by atoms with Gasteiger partial charge in [0.05, 0.1) is 0 Å². The molecule has 0 bridgehead atoms. The van der Waals surface area contributed by atoms with Crippen LogP contribution < -0.4 is 5.32 Å². The first-order valence-corrected chi connectivity index (χ1v) is 5.65. The molecule has 0 aliphatic rings. The topological polar surface area (TPSA) is 110 Å². The lowest BCUT2D eigenvalue weighted by molar-refractivity contribution is -0.114. The number of benzene rings is 2. The van der Waals surface area contributed by atoms with E-state index >= 15 is 0 Å². The van der Waals surface area contributed by atoms with E-state index in [1.165, 1.54) is 19.1 Å². The Labute approximate surface area is 115 Å². The van der Waals surface area contributed by atoms with E-state index in [0.717, 1.165) is 18.2 Å². The van der Waals surface area contributed by atoms with Crippen molar-refractivity contribution in [1.82, 2.24) is 0 Å². The maximum Gasteiger partial charge on any atom is 0.221 e. The summed E-state index contributed by atoms with van der Waals surface area (Å²) >= 11 is 0. The molecular formula is C14H15NO5. The van der Waals surface area contributed by atoms with Crippen LogP contribution in [0.5, 0.6) is 23.0 Å². The normalized spacial score (nSPS) is 9.25. The molecule has 0 saturated heterocycles. The second-order valence-electron chi connectivity index (χ2n) is 3.94. The lowest BCUT2D eigenvalue weighted by Crippen LogP contribution is -2.04. The van der Waals surface area contributed by atoms with Gasteiger partial charge in [-0.1, -0.05) is 0 Å². The van der Waals surface area contributed by atoms with Crippen LogP contribution in [0.4, 0.5) is 5.69 Å². The van der Waals surface area contributed by atoms with E-state index in [1.807, 2.05) is 0 Å². The predicted molar refractivity (Wildman–Crippen MR) is 73.8 cm³/mol. The quantitative estimate of drug-likeness (QED) is 0.513. The first kappa shape index (κ1) is 15.2. The van der Waals surface area contributed by atoms with Gasteiger partial charge in [-0.3, -0.25) is 4.79 Å². The standard InChI is InChI=1S/C8H9NO2.C6H6O3/c1-6(10)9-7-2-4-8(11)5-3-7;7-4-1-5(8)3-6(9)2-4/h2-5,11H,1H3,(H,9,10);1-3,7-9H. The van der Waals surface area contributed by atoms with E-state index in [-0.39, 0.29) is 28.9 Å². The molecule has 0 spiro atoms. The molecule has 2 rings (SSSR count). The molecule has 0 radical (unpaired) electrons. The Morgan fingerprint density at radius 1 is 0.800 bits per heavy atom. The van der Waals surface area contributed by atoms with Crippen LogP contribution in [0, 0.1) is 0 Å². The van der Waals surface area contributed by atoms with Crippen LogP contribution in [0.1, 0.15) is 6.92 Å². The zero-order valence-electron chi connectivity index (χ0n) is 10.7. The van der Waals surface area contributed by atoms with Crippen molar-refractivity contribution in [2.45, 2.75) is 6.92 Å². The number of hydrogen-bond donors (Lipinski definition) is 5. The molecule has 2 aromatic carbocycles. The summed E-state index contributed by atoms with van der Waals surface area (Å²) in [6.07, 6.45) is 0. The zero-order valence-corrected chi connectivity index (χ0v) is 10.7. The summed E-state index contributed by atoms with van der Waals surface area (Å²) in [4.78, 5) is 10.5. The lowest BCUT2D eigenvalue weighted by atomic mass is 10.3. The Hall–Kier alpha value is -2.89. The van der Waals surface area contributed by atoms with Crippen molar-refractivity contribution in [1.29, 1.82) is 0 Å². The van der Waals surface area contributed by atoms with E-state index < -0.39 is 0 Å². The van der Waals surface area contributed by atoms with Gasteiger partial charge in [-0.05, 0) is 24.3 Å². The van der Waals surface area contributed by atoms with Crippen molar-refractivity contribution < 1.29 is 25.2 Å². The van der Waals surface area contributed by atoms with Gasteiger partial charge < -0.3 is 25.7 Å². The smallest absolute Gasteiger partial charge is 0.221 e. The number of carbonyl (C=O) groups excluding carboxylic acids is 1. The first-order valence-electron chi connectivity index (χ1n) is 5.65. The maximum absolute atomic E-state index is 10.5. The summed E-state index contributed by atoms with van der Waals surface area (Å²) in [5.41, 5.74) is 0.690. The van der Waals surface area contributed by atoms with Gasteiger partial charge in [0.2, 0.25) is 5.91 Å². The Morgan fingerprint density at radius 2 is 1.20 bits per heavy atom. The van der Waals surface area contributed by atoms with Gasteiger partial charge >= 0.3 is 0 Å². The van der Waals surface area contributed by atoms with Gasteiger partial charge in [-0.15, -0.1) is 0 Å². The largest absolute Gasteiger partial charge is 0.508 e. The van der Waals surface area contributed by atoms with Crippen LogP contribution in [-0.2, 0) is 4.79 Å². The Bertz CT molecular complexity index is 530. The lowest BCUT2D eigenvalue weighted by Gasteiger charge is -1.99. The summed E-state index contributed by atoms with van der Waals surface area (Å²) in [6, 6.07) is 9.73. The monoisotopic (exact) mass is 277 g/mol. The molecule has 2 aromatic rings. The third kappa shape index (κ3) is 5.63. The molecule has 0 aliphatic heterocycles. The van der Waals surface area contributed by atoms with Crippen molar-refractivity contribution in [2.75, 3.05) is 5.32 Å². The number of phenolic OH excluding ortho intramolecular Hbond substituents is 4. The summed E-state index contributed by atoms with van der Waals surface area (Å²) in [7, 11) is 0. The molecule has 20 heavy (non-hydrogen) atoms. The Balaban J connectivity index is 0.000000204. The Kier molecular flexibility index (Phi) is 5.22. The number of rotatable bonds is 1. The average molecular weight is 277 g/mol. The van der Waals surface area contributed by atoms with E-state index in [4.69, 9.17) is 20.4 Å². The molecule has 6 nitrogen and oxygen atoms in total. The van der Waals surface area contributed by atoms with E-state index in [0.29, 0.717) is 5.69 Å². The number of aromatic hydroxyl groups is 4. The van der Waals surface area contributed by atoms with Crippen LogP contribution in [0.25, 0.3) is 0 Å². The fraction of sp³-hybridized carbons (Fsp3) is 0.0714. The molecule has 5 N–H and O–H groups in total. The van der Waals surface area contributed by atoms with Gasteiger partial charge in [0.25, 0.3) is 0 Å². The average Bonchev–Trinajstić information content (AvgIpc) is 2.30. The second kappa shape index (κ2) is 6.89. The van der Waals surface area contributed by atoms with Crippen molar-refractivity contribution in [3.8, 4) is 23.0 Å². The summed E-state index contributed by atoms with van der Waals surface area (Å²) in [5.74, 6) is -0.359. The molecule has 0 saturated carbocycles. The molecule has 0 atom stereocenters. The highest BCUT2D eigenvalue weighted by molar-refractivity contribution is 5.88.